The third kappa shape index (κ3) is 2.48. The van der Waals surface area contributed by atoms with Crippen LogP contribution in [0.1, 0.15) is 25.3 Å². The third-order valence-electron chi connectivity index (χ3n) is 3.38. The van der Waals surface area contributed by atoms with Crippen LogP contribution in [-0.2, 0) is 11.3 Å². The van der Waals surface area contributed by atoms with Crippen LogP contribution in [0.25, 0.3) is 0 Å². The number of hydrogen-bond donors (Lipinski definition) is 0. The highest BCUT2D eigenvalue weighted by Gasteiger charge is 2.39. The molecule has 2 rings (SSSR count). The maximum absolute atomic E-state index is 12.0. The monoisotopic (exact) mass is 243 g/mol. The Balaban J connectivity index is 1.95. The quantitative estimate of drug-likeness (QED) is 0.747. The van der Waals surface area contributed by atoms with E-state index in [9.17, 15) is 4.79 Å². The lowest BCUT2D eigenvalue weighted by atomic mass is 10.0. The van der Waals surface area contributed by atoms with E-state index in [1.54, 1.807) is 4.90 Å². The maximum atomic E-state index is 12.0. The van der Waals surface area contributed by atoms with E-state index in [2.05, 4.69) is 5.92 Å². The topological polar surface area (TPSA) is 29.5 Å². The van der Waals surface area contributed by atoms with Crippen molar-refractivity contribution in [3.63, 3.8) is 0 Å². The smallest absolute Gasteiger partial charge is 0.411 e. The van der Waals surface area contributed by atoms with E-state index in [1.165, 1.54) is 0 Å². The average Bonchev–Trinajstić information content (AvgIpc) is 2.80. The average molecular weight is 243 g/mol. The number of benzene rings is 1. The lowest BCUT2D eigenvalue weighted by Crippen LogP contribution is -2.44. The second-order valence-electron chi connectivity index (χ2n) is 4.71. The standard InChI is InChI=1S/C15H17NO2/c1-3-15(2)10-7-11-16(15)14(17)18-12-13-8-5-4-6-9-13/h1,4-6,8-9H,7,10-12H2,2H3/t15-/m1/s1. The Bertz CT molecular complexity index is 463. The highest BCUT2D eigenvalue weighted by molar-refractivity contribution is 5.70. The number of terminal acetylenes is 1. The van der Waals surface area contributed by atoms with Gasteiger partial charge in [-0.2, -0.15) is 0 Å². The van der Waals surface area contributed by atoms with Crippen LogP contribution in [0.4, 0.5) is 4.79 Å². The number of hydrogen-bond acceptors (Lipinski definition) is 2. The summed E-state index contributed by atoms with van der Waals surface area (Å²) in [6, 6.07) is 9.63. The summed E-state index contributed by atoms with van der Waals surface area (Å²) >= 11 is 0. The zero-order valence-electron chi connectivity index (χ0n) is 10.6. The number of carbonyl (C=O) groups is 1. The second kappa shape index (κ2) is 5.14. The Kier molecular flexibility index (Phi) is 3.57. The summed E-state index contributed by atoms with van der Waals surface area (Å²) in [6.07, 6.45) is 6.95. The molecule has 0 N–H and O–H groups in total. The summed E-state index contributed by atoms with van der Waals surface area (Å²) in [7, 11) is 0. The van der Waals surface area contributed by atoms with Gasteiger partial charge in [0.15, 0.2) is 0 Å². The van der Waals surface area contributed by atoms with Crippen LogP contribution < -0.4 is 0 Å². The fourth-order valence-electron chi connectivity index (χ4n) is 2.20. The van der Waals surface area contributed by atoms with Gasteiger partial charge in [-0.15, -0.1) is 6.42 Å². The van der Waals surface area contributed by atoms with E-state index in [0.29, 0.717) is 6.54 Å². The minimum absolute atomic E-state index is 0.289. The fraction of sp³-hybridized carbons (Fsp3) is 0.400. The Morgan fingerprint density at radius 2 is 2.22 bits per heavy atom. The molecule has 18 heavy (non-hydrogen) atoms. The molecule has 1 aliphatic rings. The predicted octanol–water partition coefficient (Wildman–Crippen LogP) is 2.81. The molecule has 0 spiro atoms. The summed E-state index contributed by atoms with van der Waals surface area (Å²) in [5, 5.41) is 0. The fourth-order valence-corrected chi connectivity index (χ4v) is 2.20. The number of likely N-dealkylation sites (tertiary alicyclic amines) is 1. The molecular formula is C15H17NO2. The van der Waals surface area contributed by atoms with Crippen LogP contribution >= 0.6 is 0 Å². The van der Waals surface area contributed by atoms with Crippen LogP contribution in [0.3, 0.4) is 0 Å². The molecule has 0 aromatic heterocycles. The zero-order valence-corrected chi connectivity index (χ0v) is 10.6. The molecule has 1 aromatic rings. The van der Waals surface area contributed by atoms with E-state index in [0.717, 1.165) is 18.4 Å². The van der Waals surface area contributed by atoms with Crippen molar-refractivity contribution in [1.82, 2.24) is 4.90 Å². The first kappa shape index (κ1) is 12.5. The molecule has 3 heteroatoms. The minimum Gasteiger partial charge on any atom is -0.445 e. The molecule has 0 saturated carbocycles. The van der Waals surface area contributed by atoms with Crippen molar-refractivity contribution in [3.05, 3.63) is 35.9 Å². The Hall–Kier alpha value is -1.95. The SMILES string of the molecule is C#C[C@]1(C)CCCN1C(=O)OCc1ccccc1. The van der Waals surface area contributed by atoms with E-state index in [1.807, 2.05) is 37.3 Å². The number of carbonyl (C=O) groups excluding carboxylic acids is 1. The van der Waals surface area contributed by atoms with E-state index in [4.69, 9.17) is 11.2 Å². The van der Waals surface area contributed by atoms with Crippen molar-refractivity contribution in [3.8, 4) is 12.3 Å². The van der Waals surface area contributed by atoms with Crippen LogP contribution in [0.5, 0.6) is 0 Å². The first-order valence-electron chi connectivity index (χ1n) is 6.12. The van der Waals surface area contributed by atoms with Gasteiger partial charge in [0, 0.05) is 6.54 Å². The molecule has 0 unspecified atom stereocenters. The minimum atomic E-state index is -0.492. The molecule has 0 aliphatic carbocycles. The molecule has 1 aliphatic heterocycles. The molecule has 1 saturated heterocycles. The van der Waals surface area contributed by atoms with Crippen molar-refractivity contribution in [2.75, 3.05) is 6.54 Å². The van der Waals surface area contributed by atoms with Crippen molar-refractivity contribution < 1.29 is 9.53 Å². The lowest BCUT2D eigenvalue weighted by molar-refractivity contribution is 0.0838. The van der Waals surface area contributed by atoms with Gasteiger partial charge < -0.3 is 4.74 Å². The van der Waals surface area contributed by atoms with E-state index < -0.39 is 5.54 Å². The largest absolute Gasteiger partial charge is 0.445 e. The predicted molar refractivity (Wildman–Crippen MR) is 69.8 cm³/mol. The van der Waals surface area contributed by atoms with Gasteiger partial charge in [-0.1, -0.05) is 36.3 Å². The first-order chi connectivity index (χ1) is 8.65. The Morgan fingerprint density at radius 1 is 1.50 bits per heavy atom. The number of nitrogens with zero attached hydrogens (tertiary/aromatic N) is 1. The van der Waals surface area contributed by atoms with E-state index >= 15 is 0 Å². The summed E-state index contributed by atoms with van der Waals surface area (Å²) in [5.74, 6) is 2.69. The molecule has 1 fully saturated rings. The van der Waals surface area contributed by atoms with Crippen LogP contribution in [0, 0.1) is 12.3 Å². The van der Waals surface area contributed by atoms with Gasteiger partial charge in [-0.3, -0.25) is 4.90 Å². The highest BCUT2D eigenvalue weighted by atomic mass is 16.6. The molecule has 1 heterocycles. The summed E-state index contributed by atoms with van der Waals surface area (Å²) in [6.45, 7) is 2.87. The van der Waals surface area contributed by atoms with Gasteiger partial charge in [-0.05, 0) is 25.3 Å². The van der Waals surface area contributed by atoms with Gasteiger partial charge in [0.1, 0.15) is 12.1 Å². The molecule has 1 atom stereocenters. The zero-order chi connectivity index (χ0) is 13.0. The summed E-state index contributed by atoms with van der Waals surface area (Å²) in [4.78, 5) is 13.7. The van der Waals surface area contributed by atoms with Crippen molar-refractivity contribution >= 4 is 6.09 Å². The number of rotatable bonds is 2. The second-order valence-corrected chi connectivity index (χ2v) is 4.71. The summed E-state index contributed by atoms with van der Waals surface area (Å²) < 4.78 is 5.30. The van der Waals surface area contributed by atoms with Crippen LogP contribution in [-0.4, -0.2) is 23.1 Å². The van der Waals surface area contributed by atoms with Crippen molar-refractivity contribution in [1.29, 1.82) is 0 Å². The van der Waals surface area contributed by atoms with Gasteiger partial charge >= 0.3 is 6.09 Å². The highest BCUT2D eigenvalue weighted by Crippen LogP contribution is 2.28. The molecular weight excluding hydrogens is 226 g/mol. The normalized spacial score (nSPS) is 22.6. The molecule has 94 valence electrons. The van der Waals surface area contributed by atoms with E-state index in [-0.39, 0.29) is 12.7 Å². The third-order valence-corrected chi connectivity index (χ3v) is 3.38. The molecule has 0 radical (unpaired) electrons. The molecule has 1 amide bonds. The van der Waals surface area contributed by atoms with Crippen LogP contribution in [0.2, 0.25) is 0 Å². The van der Waals surface area contributed by atoms with Gasteiger partial charge in [0.05, 0.1) is 0 Å². The Labute approximate surface area is 108 Å². The first-order valence-corrected chi connectivity index (χ1v) is 6.12. The Morgan fingerprint density at radius 3 is 2.89 bits per heavy atom. The summed E-state index contributed by atoms with van der Waals surface area (Å²) in [5.41, 5.74) is 0.487. The molecule has 0 bridgehead atoms. The van der Waals surface area contributed by atoms with Gasteiger partial charge in [0.25, 0.3) is 0 Å². The molecule has 1 aromatic carbocycles. The number of ether oxygens (including phenoxy) is 1. The molecule has 3 nitrogen and oxygen atoms in total. The van der Waals surface area contributed by atoms with Gasteiger partial charge in [-0.25, -0.2) is 4.79 Å². The van der Waals surface area contributed by atoms with Crippen LogP contribution in [0.15, 0.2) is 30.3 Å². The maximum Gasteiger partial charge on any atom is 0.411 e. The number of amides is 1. The van der Waals surface area contributed by atoms with Crippen molar-refractivity contribution in [2.45, 2.75) is 31.9 Å². The van der Waals surface area contributed by atoms with Crippen molar-refractivity contribution in [2.24, 2.45) is 0 Å². The lowest BCUT2D eigenvalue weighted by Gasteiger charge is -2.29. The van der Waals surface area contributed by atoms with Gasteiger partial charge in [0.2, 0.25) is 0 Å².